The van der Waals surface area contributed by atoms with E-state index in [0.29, 0.717) is 56.6 Å². The van der Waals surface area contributed by atoms with Gasteiger partial charge in [0.15, 0.2) is 0 Å². The second kappa shape index (κ2) is 17.8. The number of amides is 4. The van der Waals surface area contributed by atoms with E-state index in [1.165, 1.54) is 0 Å². The lowest BCUT2D eigenvalue weighted by Crippen LogP contribution is -2.44. The Labute approximate surface area is 246 Å². The average molecular weight is 590 g/mol. The molecule has 0 saturated carbocycles. The fourth-order valence-corrected chi connectivity index (χ4v) is 4.04. The van der Waals surface area contributed by atoms with Crippen LogP contribution in [-0.4, -0.2) is 59.0 Å². The molecule has 0 spiro atoms. The number of alkyl carbamates (subject to hydrolysis) is 1. The monoisotopic (exact) mass is 589 g/mol. The molecule has 1 saturated heterocycles. The van der Waals surface area contributed by atoms with Gasteiger partial charge in [0.2, 0.25) is 5.91 Å². The van der Waals surface area contributed by atoms with Gasteiger partial charge in [0.25, 0.3) is 11.8 Å². The van der Waals surface area contributed by atoms with Gasteiger partial charge in [-0.05, 0) is 58.4 Å². The van der Waals surface area contributed by atoms with Crippen molar-refractivity contribution in [1.82, 2.24) is 15.7 Å². The molecule has 1 aliphatic heterocycles. The Morgan fingerprint density at radius 1 is 0.881 bits per heavy atom. The second-order valence-electron chi connectivity index (χ2n) is 11.1. The van der Waals surface area contributed by atoms with E-state index in [9.17, 15) is 28.8 Å². The number of benzene rings is 1. The minimum atomic E-state index is -0.812. The highest BCUT2D eigenvalue weighted by molar-refractivity contribution is 6.01. The molecule has 0 bridgehead atoms. The van der Waals surface area contributed by atoms with Crippen LogP contribution in [0, 0.1) is 0 Å². The Kier molecular flexibility index (Phi) is 14.5. The Balaban J connectivity index is 1.64. The molecule has 1 heterocycles. The molecule has 2 rings (SSSR count). The Morgan fingerprint density at radius 3 is 2.17 bits per heavy atom. The fraction of sp³-hybridized carbons (Fsp3) is 0.600. The predicted octanol–water partition coefficient (Wildman–Crippen LogP) is 3.86. The van der Waals surface area contributed by atoms with Crippen LogP contribution in [0.4, 0.5) is 4.79 Å². The molecule has 1 aromatic rings. The molecule has 12 nitrogen and oxygen atoms in total. The van der Waals surface area contributed by atoms with Crippen molar-refractivity contribution in [1.29, 1.82) is 0 Å². The van der Waals surface area contributed by atoms with E-state index < -0.39 is 41.5 Å². The molecule has 42 heavy (non-hydrogen) atoms. The first-order valence-corrected chi connectivity index (χ1v) is 14.5. The topological polar surface area (TPSA) is 157 Å². The Hall–Kier alpha value is -3.96. The largest absolute Gasteiger partial charge is 0.458 e. The molecule has 1 unspecified atom stereocenters. The fourth-order valence-electron chi connectivity index (χ4n) is 4.04. The average Bonchev–Trinajstić information content (AvgIpc) is 3.24. The molecule has 2 N–H and O–H groups in total. The summed E-state index contributed by atoms with van der Waals surface area (Å²) in [6.07, 6.45) is 3.70. The van der Waals surface area contributed by atoms with E-state index in [0.717, 1.165) is 5.56 Å². The maximum Gasteiger partial charge on any atom is 0.407 e. The summed E-state index contributed by atoms with van der Waals surface area (Å²) in [6.45, 7) is 5.80. The van der Waals surface area contributed by atoms with Gasteiger partial charge >= 0.3 is 18.0 Å². The van der Waals surface area contributed by atoms with Gasteiger partial charge in [0, 0.05) is 32.2 Å². The standard InChI is InChI=1S/C30H43N3O9/c1-30(2,3)41-28(38)23(15-11-12-20-31-29(39)40-21-22-13-7-6-8-14-22)32-24(34)16-9-4-5-10-17-27(37)42-33-25(35)18-19-26(33)36/h6-8,13-14,23H,4-5,9-12,15-21H2,1-3H3,(H,31,39)(H,32,34). The van der Waals surface area contributed by atoms with Crippen molar-refractivity contribution >= 4 is 35.8 Å². The van der Waals surface area contributed by atoms with Gasteiger partial charge in [-0.1, -0.05) is 43.2 Å². The molecule has 12 heteroatoms. The number of imide groups is 1. The molecule has 0 aromatic heterocycles. The highest BCUT2D eigenvalue weighted by Crippen LogP contribution is 2.15. The Bertz CT molecular complexity index is 1050. The summed E-state index contributed by atoms with van der Waals surface area (Å²) < 4.78 is 10.7. The molecule has 4 amide bonds. The maximum atomic E-state index is 12.7. The van der Waals surface area contributed by atoms with E-state index >= 15 is 0 Å². The lowest BCUT2D eigenvalue weighted by Gasteiger charge is -2.24. The van der Waals surface area contributed by atoms with Gasteiger partial charge in [-0.15, -0.1) is 5.06 Å². The lowest BCUT2D eigenvalue weighted by atomic mass is 10.1. The number of rotatable bonds is 17. The number of hydrogen-bond acceptors (Lipinski definition) is 9. The van der Waals surface area contributed by atoms with Crippen molar-refractivity contribution in [2.75, 3.05) is 6.54 Å². The van der Waals surface area contributed by atoms with Crippen LogP contribution in [0.1, 0.15) is 97.0 Å². The van der Waals surface area contributed by atoms with Crippen LogP contribution in [0.2, 0.25) is 0 Å². The van der Waals surface area contributed by atoms with E-state index in [2.05, 4.69) is 10.6 Å². The number of hydrogen-bond donors (Lipinski definition) is 2. The van der Waals surface area contributed by atoms with Crippen LogP contribution < -0.4 is 10.6 Å². The third kappa shape index (κ3) is 14.1. The predicted molar refractivity (Wildman–Crippen MR) is 151 cm³/mol. The summed E-state index contributed by atoms with van der Waals surface area (Å²) in [5.41, 5.74) is 0.180. The van der Waals surface area contributed by atoms with Gasteiger partial charge < -0.3 is 24.9 Å². The molecular weight excluding hydrogens is 546 g/mol. The quantitative estimate of drug-likeness (QED) is 0.156. The normalized spacial score (nSPS) is 13.8. The van der Waals surface area contributed by atoms with Crippen molar-refractivity contribution in [3.8, 4) is 0 Å². The zero-order valence-corrected chi connectivity index (χ0v) is 24.8. The van der Waals surface area contributed by atoms with E-state index in [4.69, 9.17) is 14.3 Å². The number of carbonyl (C=O) groups excluding carboxylic acids is 6. The van der Waals surface area contributed by atoms with Crippen LogP contribution in [0.15, 0.2) is 30.3 Å². The van der Waals surface area contributed by atoms with Crippen LogP contribution in [0.5, 0.6) is 0 Å². The smallest absolute Gasteiger partial charge is 0.407 e. The molecule has 1 aliphatic rings. The first-order chi connectivity index (χ1) is 19.9. The van der Waals surface area contributed by atoms with Crippen LogP contribution in [0.3, 0.4) is 0 Å². The second-order valence-corrected chi connectivity index (χ2v) is 11.1. The van der Waals surface area contributed by atoms with Gasteiger partial charge in [-0.2, -0.15) is 0 Å². The van der Waals surface area contributed by atoms with Crippen molar-refractivity contribution in [3.63, 3.8) is 0 Å². The van der Waals surface area contributed by atoms with Gasteiger partial charge in [0.1, 0.15) is 18.2 Å². The van der Waals surface area contributed by atoms with Crippen LogP contribution in [0.25, 0.3) is 0 Å². The number of nitrogens with zero attached hydrogens (tertiary/aromatic N) is 1. The van der Waals surface area contributed by atoms with Gasteiger partial charge in [-0.3, -0.25) is 14.4 Å². The van der Waals surface area contributed by atoms with E-state index in [-0.39, 0.29) is 38.2 Å². The van der Waals surface area contributed by atoms with Crippen LogP contribution in [-0.2, 0) is 44.9 Å². The number of nitrogens with one attached hydrogen (secondary N) is 2. The maximum absolute atomic E-state index is 12.7. The third-order valence-corrected chi connectivity index (χ3v) is 6.16. The zero-order valence-electron chi connectivity index (χ0n) is 24.8. The van der Waals surface area contributed by atoms with Crippen molar-refractivity contribution < 1.29 is 43.1 Å². The van der Waals surface area contributed by atoms with Crippen LogP contribution >= 0.6 is 0 Å². The first-order valence-electron chi connectivity index (χ1n) is 14.5. The first kappa shape index (κ1) is 34.2. The molecule has 232 valence electrons. The summed E-state index contributed by atoms with van der Waals surface area (Å²) >= 11 is 0. The molecule has 1 fully saturated rings. The lowest BCUT2D eigenvalue weighted by molar-refractivity contribution is -0.197. The number of hydroxylamine groups is 2. The molecular formula is C30H43N3O9. The van der Waals surface area contributed by atoms with E-state index in [1.807, 2.05) is 30.3 Å². The minimum Gasteiger partial charge on any atom is -0.458 e. The molecule has 0 radical (unpaired) electrons. The minimum absolute atomic E-state index is 0.0478. The van der Waals surface area contributed by atoms with E-state index in [1.54, 1.807) is 20.8 Å². The van der Waals surface area contributed by atoms with Crippen molar-refractivity contribution in [3.05, 3.63) is 35.9 Å². The SMILES string of the molecule is CC(C)(C)OC(=O)C(CCCCNC(=O)OCc1ccccc1)NC(=O)CCCCCCC(=O)ON1C(=O)CCC1=O. The highest BCUT2D eigenvalue weighted by Gasteiger charge is 2.32. The Morgan fingerprint density at radius 2 is 1.52 bits per heavy atom. The number of carbonyl (C=O) groups is 6. The molecule has 0 aliphatic carbocycles. The number of ether oxygens (including phenoxy) is 2. The zero-order chi connectivity index (χ0) is 31.0. The number of unbranched alkanes of at least 4 members (excludes halogenated alkanes) is 4. The summed E-state index contributed by atoms with van der Waals surface area (Å²) in [7, 11) is 0. The summed E-state index contributed by atoms with van der Waals surface area (Å²) in [4.78, 5) is 76.9. The summed E-state index contributed by atoms with van der Waals surface area (Å²) in [5, 5.41) is 5.98. The molecule has 1 aromatic carbocycles. The summed E-state index contributed by atoms with van der Waals surface area (Å²) in [5.74, 6) is -2.46. The van der Waals surface area contributed by atoms with Crippen molar-refractivity contribution in [2.45, 2.75) is 110 Å². The molecule has 1 atom stereocenters. The van der Waals surface area contributed by atoms with Gasteiger partial charge in [-0.25, -0.2) is 14.4 Å². The summed E-state index contributed by atoms with van der Waals surface area (Å²) in [6, 6.07) is 8.53. The number of esters is 1. The van der Waals surface area contributed by atoms with Gasteiger partial charge in [0.05, 0.1) is 0 Å². The van der Waals surface area contributed by atoms with Crippen molar-refractivity contribution in [2.24, 2.45) is 0 Å². The highest BCUT2D eigenvalue weighted by atomic mass is 16.7. The third-order valence-electron chi connectivity index (χ3n) is 6.16.